The van der Waals surface area contributed by atoms with Crippen LogP contribution in [0.5, 0.6) is 11.5 Å². The van der Waals surface area contributed by atoms with Gasteiger partial charge in [0.15, 0.2) is 11.5 Å². The molecule has 0 radical (unpaired) electrons. The van der Waals surface area contributed by atoms with Gasteiger partial charge in [-0.3, -0.25) is 9.10 Å². The van der Waals surface area contributed by atoms with Crippen molar-refractivity contribution >= 4 is 37.3 Å². The van der Waals surface area contributed by atoms with Crippen LogP contribution in [0, 0.1) is 0 Å². The lowest BCUT2D eigenvalue weighted by molar-refractivity contribution is -0.137. The molecular weight excluding hydrogens is 599 g/mol. The number of anilines is 2. The number of carbonyl (C=O) groups excluding carboxylic acids is 1. The van der Waals surface area contributed by atoms with Crippen molar-refractivity contribution in [2.75, 3.05) is 43.5 Å². The average Bonchev–Trinajstić information content (AvgIpc) is 2.95. The van der Waals surface area contributed by atoms with Gasteiger partial charge >= 0.3 is 6.18 Å². The maximum Gasteiger partial charge on any atom is 0.416 e. The van der Waals surface area contributed by atoms with Crippen molar-refractivity contribution in [3.8, 4) is 11.5 Å². The molecule has 0 spiro atoms. The smallest absolute Gasteiger partial charge is 0.416 e. The Bertz CT molecular complexity index is 1630. The molecule has 0 heterocycles. The van der Waals surface area contributed by atoms with Gasteiger partial charge in [-0.1, -0.05) is 19.9 Å². The van der Waals surface area contributed by atoms with Crippen LogP contribution in [0.3, 0.4) is 0 Å². The number of methoxy groups -OCH3 is 2. The number of sulfonamides is 2. The normalized spacial score (nSPS) is 12.2. The second-order valence-corrected chi connectivity index (χ2v) is 12.5. The molecule has 3 aromatic carbocycles. The molecule has 3 rings (SSSR count). The van der Waals surface area contributed by atoms with E-state index in [2.05, 4.69) is 5.32 Å². The van der Waals surface area contributed by atoms with Crippen LogP contribution in [0.1, 0.15) is 19.4 Å². The van der Waals surface area contributed by atoms with Gasteiger partial charge in [0.05, 0.1) is 35.3 Å². The number of alkyl halides is 3. The number of ether oxygens (including phenoxy) is 2. The Hall–Kier alpha value is -3.82. The minimum absolute atomic E-state index is 0.00850. The van der Waals surface area contributed by atoms with Crippen LogP contribution in [-0.2, 0) is 31.0 Å². The molecule has 0 aliphatic carbocycles. The fourth-order valence-electron chi connectivity index (χ4n) is 4.01. The third kappa shape index (κ3) is 7.14. The van der Waals surface area contributed by atoms with Crippen LogP contribution < -0.4 is 19.1 Å². The highest BCUT2D eigenvalue weighted by atomic mass is 32.2. The Morgan fingerprint density at radius 2 is 1.40 bits per heavy atom. The number of halogens is 3. The highest BCUT2D eigenvalue weighted by molar-refractivity contribution is 7.92. The molecule has 0 saturated heterocycles. The first-order valence-corrected chi connectivity index (χ1v) is 15.4. The van der Waals surface area contributed by atoms with Gasteiger partial charge in [-0.25, -0.2) is 16.8 Å². The van der Waals surface area contributed by atoms with Crippen LogP contribution in [0.4, 0.5) is 24.5 Å². The predicted molar refractivity (Wildman–Crippen MR) is 151 cm³/mol. The van der Waals surface area contributed by atoms with Crippen LogP contribution in [-0.4, -0.2) is 60.9 Å². The zero-order valence-corrected chi connectivity index (χ0v) is 24.8. The molecule has 42 heavy (non-hydrogen) atoms. The minimum atomic E-state index is -4.77. The number of rotatable bonds is 12. The molecule has 0 aliphatic heterocycles. The van der Waals surface area contributed by atoms with Gasteiger partial charge in [-0.2, -0.15) is 17.5 Å². The van der Waals surface area contributed by atoms with E-state index in [1.807, 2.05) is 0 Å². The van der Waals surface area contributed by atoms with Crippen molar-refractivity contribution in [3.05, 3.63) is 72.3 Å². The minimum Gasteiger partial charge on any atom is -0.493 e. The molecule has 228 valence electrons. The second-order valence-electron chi connectivity index (χ2n) is 8.74. The molecule has 10 nitrogen and oxygen atoms in total. The third-order valence-electron chi connectivity index (χ3n) is 6.17. The van der Waals surface area contributed by atoms with Gasteiger partial charge < -0.3 is 14.8 Å². The molecule has 1 amide bonds. The fraction of sp³-hybridized carbons (Fsp3) is 0.296. The average molecular weight is 630 g/mol. The Morgan fingerprint density at radius 1 is 0.810 bits per heavy atom. The molecule has 0 aliphatic rings. The standard InChI is InChI=1S/C27H30F3N3O7S2/c1-5-32(6-2)41(35,36)22-12-10-20(11-13-22)31-26(34)18-33(21-9-7-8-19(16-21)27(28,29)30)42(37,38)23-14-15-24(39-3)25(17-23)40-4/h7-17H,5-6,18H2,1-4H3,(H,31,34). The first kappa shape index (κ1) is 32.7. The summed E-state index contributed by atoms with van der Waals surface area (Å²) in [6.45, 7) is 3.01. The molecule has 0 saturated carbocycles. The van der Waals surface area contributed by atoms with Crippen LogP contribution in [0.2, 0.25) is 0 Å². The quantitative estimate of drug-likeness (QED) is 0.311. The lowest BCUT2D eigenvalue weighted by Crippen LogP contribution is -2.38. The Kier molecular flexibility index (Phi) is 10.1. The van der Waals surface area contributed by atoms with E-state index in [-0.39, 0.29) is 40.1 Å². The van der Waals surface area contributed by atoms with E-state index < -0.39 is 49.9 Å². The van der Waals surface area contributed by atoms with Crippen LogP contribution in [0.25, 0.3) is 0 Å². The first-order valence-electron chi connectivity index (χ1n) is 12.5. The van der Waals surface area contributed by atoms with Crippen LogP contribution in [0.15, 0.2) is 76.5 Å². The van der Waals surface area contributed by atoms with E-state index in [9.17, 15) is 34.8 Å². The number of hydrogen-bond acceptors (Lipinski definition) is 7. The topological polar surface area (TPSA) is 122 Å². The van der Waals surface area contributed by atoms with Gasteiger partial charge in [0.25, 0.3) is 10.0 Å². The van der Waals surface area contributed by atoms with Crippen molar-refractivity contribution < 1.29 is 44.3 Å². The summed E-state index contributed by atoms with van der Waals surface area (Å²) in [5, 5.41) is 2.47. The van der Waals surface area contributed by atoms with Gasteiger partial charge in [0.2, 0.25) is 15.9 Å². The number of benzene rings is 3. The van der Waals surface area contributed by atoms with E-state index >= 15 is 0 Å². The number of nitrogens with zero attached hydrogens (tertiary/aromatic N) is 2. The summed E-state index contributed by atoms with van der Waals surface area (Å²) < 4.78 is 105. The fourth-order valence-corrected chi connectivity index (χ4v) is 6.90. The van der Waals surface area contributed by atoms with Gasteiger partial charge in [0.1, 0.15) is 6.54 Å². The summed E-state index contributed by atoms with van der Waals surface area (Å²) in [5.41, 5.74) is -1.38. The predicted octanol–water partition coefficient (Wildman–Crippen LogP) is 4.59. The second kappa shape index (κ2) is 13.0. The summed E-state index contributed by atoms with van der Waals surface area (Å²) >= 11 is 0. The first-order chi connectivity index (χ1) is 19.7. The lowest BCUT2D eigenvalue weighted by Gasteiger charge is -2.25. The van der Waals surface area contributed by atoms with Crippen LogP contribution >= 0.6 is 0 Å². The third-order valence-corrected chi connectivity index (χ3v) is 10.0. The summed E-state index contributed by atoms with van der Waals surface area (Å²) in [5.74, 6) is -0.631. The highest BCUT2D eigenvalue weighted by Gasteiger charge is 2.34. The van der Waals surface area contributed by atoms with Gasteiger partial charge in [-0.15, -0.1) is 0 Å². The van der Waals surface area contributed by atoms with Crippen molar-refractivity contribution in [1.29, 1.82) is 0 Å². The number of nitrogens with one attached hydrogen (secondary N) is 1. The maximum atomic E-state index is 13.7. The number of amides is 1. The summed E-state index contributed by atoms with van der Waals surface area (Å²) in [6, 6.07) is 12.4. The SMILES string of the molecule is CCN(CC)S(=O)(=O)c1ccc(NC(=O)CN(c2cccc(C(F)(F)F)c2)S(=O)(=O)c2ccc(OC)c(OC)c2)cc1. The van der Waals surface area contributed by atoms with Gasteiger partial charge in [-0.05, 0) is 54.6 Å². The zero-order chi connectivity index (χ0) is 31.3. The summed E-state index contributed by atoms with van der Waals surface area (Å²) in [4.78, 5) is 12.7. The summed E-state index contributed by atoms with van der Waals surface area (Å²) in [6.07, 6.45) is -4.77. The molecule has 0 bridgehead atoms. The number of hydrogen-bond donors (Lipinski definition) is 1. The zero-order valence-electron chi connectivity index (χ0n) is 23.2. The molecule has 0 unspecified atom stereocenters. The molecule has 0 aromatic heterocycles. The van der Waals surface area contributed by atoms with E-state index in [1.54, 1.807) is 13.8 Å². The highest BCUT2D eigenvalue weighted by Crippen LogP contribution is 2.35. The Labute approximate surface area is 242 Å². The lowest BCUT2D eigenvalue weighted by atomic mass is 10.2. The Morgan fingerprint density at radius 3 is 1.95 bits per heavy atom. The van der Waals surface area contributed by atoms with Crippen molar-refractivity contribution in [3.63, 3.8) is 0 Å². The van der Waals surface area contributed by atoms with Crippen molar-refractivity contribution in [2.45, 2.75) is 29.8 Å². The molecule has 15 heteroatoms. The maximum absolute atomic E-state index is 13.7. The molecule has 1 N–H and O–H groups in total. The van der Waals surface area contributed by atoms with E-state index in [4.69, 9.17) is 9.47 Å². The van der Waals surface area contributed by atoms with E-state index in [0.717, 1.165) is 24.3 Å². The van der Waals surface area contributed by atoms with Gasteiger partial charge in [0, 0.05) is 24.8 Å². The summed E-state index contributed by atoms with van der Waals surface area (Å²) in [7, 11) is -5.75. The molecule has 0 fully saturated rings. The number of carbonyl (C=O) groups is 1. The van der Waals surface area contributed by atoms with E-state index in [0.29, 0.717) is 10.4 Å². The monoisotopic (exact) mass is 629 g/mol. The molecule has 3 aromatic rings. The van der Waals surface area contributed by atoms with Crippen molar-refractivity contribution in [1.82, 2.24) is 4.31 Å². The molecule has 0 atom stereocenters. The van der Waals surface area contributed by atoms with E-state index in [1.165, 1.54) is 54.9 Å². The molecular formula is C27H30F3N3O7S2. The Balaban J connectivity index is 1.98. The van der Waals surface area contributed by atoms with Crippen molar-refractivity contribution in [2.24, 2.45) is 0 Å². The largest absolute Gasteiger partial charge is 0.493 e.